The number of aromatic nitrogens is 1. The van der Waals surface area contributed by atoms with E-state index in [9.17, 15) is 4.79 Å². The molecular weight excluding hydrogens is 386 g/mol. The topological polar surface area (TPSA) is 54.5 Å². The molecule has 1 aliphatic heterocycles. The molecule has 0 radical (unpaired) electrons. The van der Waals surface area contributed by atoms with Crippen LogP contribution in [0.4, 0.5) is 4.79 Å². The first-order valence-corrected chi connectivity index (χ1v) is 10.2. The molecule has 6 heteroatoms. The highest BCUT2D eigenvalue weighted by molar-refractivity contribution is 6.30. The van der Waals surface area contributed by atoms with Gasteiger partial charge in [0.05, 0.1) is 7.11 Å². The molecule has 3 aromatic rings. The van der Waals surface area contributed by atoms with Crippen molar-refractivity contribution in [2.24, 2.45) is 0 Å². The number of piperidine rings is 1. The standard InChI is InChI=1S/C23H24ClN3O2/c1-29-22-13-19(24)6-5-18(22)15-26-23(28)27-11-8-16(9-12-27)20-4-2-3-17-14-25-10-7-21(17)20/h2-7,10,13-14,16H,8-9,11-12,15H2,1H3,(H,26,28). The van der Waals surface area contributed by atoms with Crippen LogP contribution < -0.4 is 10.1 Å². The van der Waals surface area contributed by atoms with Crippen LogP contribution in [0.1, 0.15) is 29.9 Å². The van der Waals surface area contributed by atoms with Gasteiger partial charge in [-0.3, -0.25) is 4.98 Å². The Morgan fingerprint density at radius 2 is 2.07 bits per heavy atom. The van der Waals surface area contributed by atoms with Gasteiger partial charge in [-0.15, -0.1) is 0 Å². The van der Waals surface area contributed by atoms with Crippen LogP contribution >= 0.6 is 11.6 Å². The van der Waals surface area contributed by atoms with Crippen LogP contribution in [-0.2, 0) is 6.54 Å². The number of benzene rings is 2. The molecule has 0 aliphatic carbocycles. The molecule has 0 unspecified atom stereocenters. The van der Waals surface area contributed by atoms with E-state index >= 15 is 0 Å². The van der Waals surface area contributed by atoms with Crippen LogP contribution in [0.3, 0.4) is 0 Å². The Bertz CT molecular complexity index is 1010. The SMILES string of the molecule is COc1cc(Cl)ccc1CNC(=O)N1CCC(c2cccc3cnccc23)CC1. The van der Waals surface area contributed by atoms with Crippen LogP contribution in [0.15, 0.2) is 54.9 Å². The highest BCUT2D eigenvalue weighted by atomic mass is 35.5. The number of ether oxygens (including phenoxy) is 1. The zero-order valence-electron chi connectivity index (χ0n) is 16.4. The van der Waals surface area contributed by atoms with Gasteiger partial charge in [0, 0.05) is 48.0 Å². The number of likely N-dealkylation sites (tertiary alicyclic amines) is 1. The van der Waals surface area contributed by atoms with Gasteiger partial charge < -0.3 is 15.0 Å². The van der Waals surface area contributed by atoms with Crippen molar-refractivity contribution in [1.29, 1.82) is 0 Å². The summed E-state index contributed by atoms with van der Waals surface area (Å²) in [6, 6.07) is 13.9. The summed E-state index contributed by atoms with van der Waals surface area (Å²) in [5.74, 6) is 1.14. The van der Waals surface area contributed by atoms with Gasteiger partial charge >= 0.3 is 6.03 Å². The molecule has 1 aromatic heterocycles. The summed E-state index contributed by atoms with van der Waals surface area (Å²) in [7, 11) is 1.60. The molecule has 2 heterocycles. The minimum atomic E-state index is -0.0393. The fourth-order valence-electron chi connectivity index (χ4n) is 4.04. The van der Waals surface area contributed by atoms with Crippen molar-refractivity contribution >= 4 is 28.4 Å². The van der Waals surface area contributed by atoms with Crippen LogP contribution in [-0.4, -0.2) is 36.1 Å². The molecule has 1 fully saturated rings. The Hall–Kier alpha value is -2.79. The van der Waals surface area contributed by atoms with E-state index < -0.39 is 0 Å². The highest BCUT2D eigenvalue weighted by Gasteiger charge is 2.24. The number of amides is 2. The van der Waals surface area contributed by atoms with E-state index in [1.165, 1.54) is 16.3 Å². The fraction of sp³-hybridized carbons (Fsp3) is 0.304. The largest absolute Gasteiger partial charge is 0.496 e. The van der Waals surface area contributed by atoms with Gasteiger partial charge in [-0.1, -0.05) is 35.9 Å². The summed E-state index contributed by atoms with van der Waals surface area (Å²) >= 11 is 6.00. The molecule has 5 nitrogen and oxygen atoms in total. The summed E-state index contributed by atoms with van der Waals surface area (Å²) < 4.78 is 5.35. The minimum Gasteiger partial charge on any atom is -0.496 e. The van der Waals surface area contributed by atoms with E-state index in [1.54, 1.807) is 19.2 Å². The summed E-state index contributed by atoms with van der Waals surface area (Å²) in [5, 5.41) is 6.05. The molecule has 150 valence electrons. The average Bonchev–Trinajstić information content (AvgIpc) is 2.77. The Kier molecular flexibility index (Phi) is 5.86. The van der Waals surface area contributed by atoms with Gasteiger partial charge in [-0.05, 0) is 47.9 Å². The first-order chi connectivity index (χ1) is 14.2. The number of pyridine rings is 1. The number of hydrogen-bond donors (Lipinski definition) is 1. The zero-order chi connectivity index (χ0) is 20.2. The van der Waals surface area contributed by atoms with E-state index in [4.69, 9.17) is 16.3 Å². The number of carbonyl (C=O) groups is 1. The van der Waals surface area contributed by atoms with Crippen molar-refractivity contribution in [2.75, 3.05) is 20.2 Å². The average molecular weight is 410 g/mol. The van der Waals surface area contributed by atoms with Crippen LogP contribution in [0.2, 0.25) is 5.02 Å². The van der Waals surface area contributed by atoms with E-state index in [0.29, 0.717) is 23.2 Å². The quantitative estimate of drug-likeness (QED) is 0.660. The lowest BCUT2D eigenvalue weighted by molar-refractivity contribution is 0.181. The normalized spacial score (nSPS) is 14.8. The van der Waals surface area contributed by atoms with Crippen molar-refractivity contribution in [1.82, 2.24) is 15.2 Å². The molecule has 0 bridgehead atoms. The van der Waals surface area contributed by atoms with Crippen molar-refractivity contribution in [3.8, 4) is 5.75 Å². The number of carbonyl (C=O) groups excluding carboxylic acids is 1. The molecule has 2 amide bonds. The van der Waals surface area contributed by atoms with Crippen molar-refractivity contribution in [3.63, 3.8) is 0 Å². The van der Waals surface area contributed by atoms with Crippen molar-refractivity contribution in [2.45, 2.75) is 25.3 Å². The number of nitrogens with zero attached hydrogens (tertiary/aromatic N) is 2. The number of hydrogen-bond acceptors (Lipinski definition) is 3. The van der Waals surface area contributed by atoms with Gasteiger partial charge in [-0.2, -0.15) is 0 Å². The fourth-order valence-corrected chi connectivity index (χ4v) is 4.21. The van der Waals surface area contributed by atoms with E-state index in [-0.39, 0.29) is 6.03 Å². The first-order valence-electron chi connectivity index (χ1n) is 9.83. The molecule has 0 atom stereocenters. The third kappa shape index (κ3) is 4.30. The predicted molar refractivity (Wildman–Crippen MR) is 116 cm³/mol. The Balaban J connectivity index is 1.36. The second-order valence-electron chi connectivity index (χ2n) is 7.32. The number of nitrogens with one attached hydrogen (secondary N) is 1. The number of methoxy groups -OCH3 is 1. The molecule has 1 saturated heterocycles. The lowest BCUT2D eigenvalue weighted by Crippen LogP contribution is -2.43. The Labute approximate surface area is 175 Å². The zero-order valence-corrected chi connectivity index (χ0v) is 17.2. The van der Waals surface area contributed by atoms with Crippen LogP contribution in [0.5, 0.6) is 5.75 Å². The minimum absolute atomic E-state index is 0.0393. The predicted octanol–water partition coefficient (Wildman–Crippen LogP) is 4.99. The summed E-state index contributed by atoms with van der Waals surface area (Å²) in [4.78, 5) is 18.7. The van der Waals surface area contributed by atoms with Gasteiger partial charge in [0.1, 0.15) is 5.75 Å². The highest BCUT2D eigenvalue weighted by Crippen LogP contribution is 2.33. The number of rotatable bonds is 4. The summed E-state index contributed by atoms with van der Waals surface area (Å²) in [5.41, 5.74) is 2.26. The van der Waals surface area contributed by atoms with E-state index in [2.05, 4.69) is 34.6 Å². The van der Waals surface area contributed by atoms with Gasteiger partial charge in [-0.25, -0.2) is 4.79 Å². The maximum atomic E-state index is 12.6. The molecule has 2 aromatic carbocycles. The molecule has 0 saturated carbocycles. The van der Waals surface area contributed by atoms with Gasteiger partial charge in [0.25, 0.3) is 0 Å². The molecule has 1 aliphatic rings. The first kappa shape index (κ1) is 19.5. The number of fused-ring (bicyclic) bond motifs is 1. The smallest absolute Gasteiger partial charge is 0.317 e. The van der Waals surface area contributed by atoms with E-state index in [1.807, 2.05) is 23.4 Å². The van der Waals surface area contributed by atoms with Gasteiger partial charge in [0.15, 0.2) is 0 Å². The molecule has 1 N–H and O–H groups in total. The maximum Gasteiger partial charge on any atom is 0.317 e. The lowest BCUT2D eigenvalue weighted by Gasteiger charge is -2.32. The molecular formula is C23H24ClN3O2. The summed E-state index contributed by atoms with van der Waals surface area (Å²) in [6.07, 6.45) is 5.67. The molecule has 4 rings (SSSR count). The van der Waals surface area contributed by atoms with E-state index in [0.717, 1.165) is 31.5 Å². The van der Waals surface area contributed by atoms with Crippen molar-refractivity contribution < 1.29 is 9.53 Å². The third-order valence-electron chi connectivity index (χ3n) is 5.62. The van der Waals surface area contributed by atoms with Gasteiger partial charge in [0.2, 0.25) is 0 Å². The van der Waals surface area contributed by atoms with Crippen LogP contribution in [0.25, 0.3) is 10.8 Å². The second-order valence-corrected chi connectivity index (χ2v) is 7.76. The lowest BCUT2D eigenvalue weighted by atomic mass is 9.87. The Morgan fingerprint density at radius 3 is 2.86 bits per heavy atom. The number of urea groups is 1. The maximum absolute atomic E-state index is 12.6. The number of halogens is 1. The molecule has 0 spiro atoms. The van der Waals surface area contributed by atoms with Crippen LogP contribution in [0, 0.1) is 0 Å². The van der Waals surface area contributed by atoms with Crippen molar-refractivity contribution in [3.05, 3.63) is 71.0 Å². The molecule has 29 heavy (non-hydrogen) atoms. The second kappa shape index (κ2) is 8.70. The summed E-state index contributed by atoms with van der Waals surface area (Å²) in [6.45, 7) is 1.90. The Morgan fingerprint density at radius 1 is 1.24 bits per heavy atom. The monoisotopic (exact) mass is 409 g/mol. The third-order valence-corrected chi connectivity index (χ3v) is 5.85.